The van der Waals surface area contributed by atoms with Gasteiger partial charge in [-0.2, -0.15) is 0 Å². The lowest BCUT2D eigenvalue weighted by Crippen LogP contribution is -2.46. The Labute approximate surface area is 151 Å². The molecule has 4 rings (SSSR count). The summed E-state index contributed by atoms with van der Waals surface area (Å²) in [6, 6.07) is 8.59. The summed E-state index contributed by atoms with van der Waals surface area (Å²) in [4.78, 5) is 26.4. The van der Waals surface area contributed by atoms with Crippen LogP contribution < -0.4 is 15.6 Å². The minimum absolute atomic E-state index is 0.0614. The monoisotopic (exact) mass is 354 g/mol. The van der Waals surface area contributed by atoms with Crippen LogP contribution in [0.5, 0.6) is 11.5 Å². The SMILES string of the molecule is O=C(NC1CC2(CCCCC2)Oc2ccccc21)c1c[nH]c(=O)cc1O. The molecule has 3 N–H and O–H groups in total. The number of hydrogen-bond acceptors (Lipinski definition) is 4. The Balaban J connectivity index is 1.63. The van der Waals surface area contributed by atoms with Crippen LogP contribution in [-0.2, 0) is 0 Å². The summed E-state index contributed by atoms with van der Waals surface area (Å²) in [6.07, 6.45) is 7.39. The predicted octanol–water partition coefficient (Wildman–Crippen LogP) is 3.04. The van der Waals surface area contributed by atoms with Crippen LogP contribution in [0.15, 0.2) is 41.3 Å². The number of hydrogen-bond donors (Lipinski definition) is 3. The summed E-state index contributed by atoms with van der Waals surface area (Å²) in [5.41, 5.74) is 0.321. The molecule has 0 bridgehead atoms. The highest BCUT2D eigenvalue weighted by atomic mass is 16.5. The Morgan fingerprint density at radius 2 is 2.00 bits per heavy atom. The minimum atomic E-state index is -0.448. The van der Waals surface area contributed by atoms with Gasteiger partial charge >= 0.3 is 0 Å². The first-order valence-corrected chi connectivity index (χ1v) is 9.07. The first kappa shape index (κ1) is 16.7. The van der Waals surface area contributed by atoms with Gasteiger partial charge in [0, 0.05) is 24.2 Å². The fourth-order valence-corrected chi connectivity index (χ4v) is 4.13. The van der Waals surface area contributed by atoms with E-state index in [1.54, 1.807) is 0 Å². The fraction of sp³-hybridized carbons (Fsp3) is 0.400. The van der Waals surface area contributed by atoms with Crippen molar-refractivity contribution in [1.82, 2.24) is 10.3 Å². The maximum atomic E-state index is 12.7. The zero-order valence-corrected chi connectivity index (χ0v) is 14.5. The molecular weight excluding hydrogens is 332 g/mol. The van der Waals surface area contributed by atoms with Crippen LogP contribution >= 0.6 is 0 Å². The van der Waals surface area contributed by atoms with Crippen LogP contribution in [0.4, 0.5) is 0 Å². The Hall–Kier alpha value is -2.76. The van der Waals surface area contributed by atoms with Crippen molar-refractivity contribution >= 4 is 5.91 Å². The number of fused-ring (bicyclic) bond motifs is 1. The number of H-pyrrole nitrogens is 1. The molecule has 2 aliphatic rings. The molecule has 26 heavy (non-hydrogen) atoms. The van der Waals surface area contributed by atoms with Gasteiger partial charge in [0.1, 0.15) is 17.1 Å². The maximum Gasteiger partial charge on any atom is 0.257 e. The van der Waals surface area contributed by atoms with E-state index in [1.807, 2.05) is 24.3 Å². The van der Waals surface area contributed by atoms with E-state index in [1.165, 1.54) is 12.6 Å². The van der Waals surface area contributed by atoms with E-state index in [9.17, 15) is 14.7 Å². The Kier molecular flexibility index (Phi) is 4.18. The highest BCUT2D eigenvalue weighted by molar-refractivity contribution is 5.96. The van der Waals surface area contributed by atoms with Gasteiger partial charge in [-0.05, 0) is 31.7 Å². The molecule has 1 unspecified atom stereocenters. The summed E-state index contributed by atoms with van der Waals surface area (Å²) in [5, 5.41) is 12.9. The van der Waals surface area contributed by atoms with E-state index in [2.05, 4.69) is 10.3 Å². The first-order chi connectivity index (χ1) is 12.6. The van der Waals surface area contributed by atoms with Crippen LogP contribution in [0, 0.1) is 0 Å². The minimum Gasteiger partial charge on any atom is -0.507 e. The molecule has 1 spiro atoms. The average molecular weight is 354 g/mol. The Bertz CT molecular complexity index is 883. The first-order valence-electron chi connectivity index (χ1n) is 9.07. The quantitative estimate of drug-likeness (QED) is 0.773. The number of aromatic nitrogens is 1. The molecule has 1 aromatic carbocycles. The molecule has 1 fully saturated rings. The lowest BCUT2D eigenvalue weighted by Gasteiger charge is -2.44. The van der Waals surface area contributed by atoms with Crippen LogP contribution in [0.1, 0.15) is 60.5 Å². The summed E-state index contributed by atoms with van der Waals surface area (Å²) >= 11 is 0. The maximum absolute atomic E-state index is 12.7. The molecule has 0 radical (unpaired) electrons. The molecule has 6 heteroatoms. The third-order valence-electron chi connectivity index (χ3n) is 5.41. The van der Waals surface area contributed by atoms with Gasteiger partial charge in [-0.1, -0.05) is 24.6 Å². The standard InChI is InChI=1S/C20H22N2O4/c23-16-10-18(24)21-12-14(16)19(25)22-15-11-20(8-4-1-5-9-20)26-17-7-3-2-6-13(15)17/h2-3,6-7,10,12,15H,1,4-5,8-9,11H2,(H,22,25)(H2,21,23,24). The van der Waals surface area contributed by atoms with Crippen molar-refractivity contribution in [3.05, 3.63) is 58.0 Å². The van der Waals surface area contributed by atoms with Crippen molar-refractivity contribution in [3.63, 3.8) is 0 Å². The van der Waals surface area contributed by atoms with Crippen LogP contribution in [0.3, 0.4) is 0 Å². The van der Waals surface area contributed by atoms with Gasteiger partial charge in [-0.3, -0.25) is 9.59 Å². The molecule has 0 saturated heterocycles. The van der Waals surface area contributed by atoms with Crippen molar-refractivity contribution in [3.8, 4) is 11.5 Å². The number of nitrogens with one attached hydrogen (secondary N) is 2. The van der Waals surface area contributed by atoms with Gasteiger partial charge in [-0.15, -0.1) is 0 Å². The van der Waals surface area contributed by atoms with Crippen molar-refractivity contribution in [2.75, 3.05) is 0 Å². The second kappa shape index (κ2) is 6.52. The second-order valence-corrected chi connectivity index (χ2v) is 7.21. The van der Waals surface area contributed by atoms with Crippen LogP contribution in [0.2, 0.25) is 0 Å². The van der Waals surface area contributed by atoms with E-state index in [0.717, 1.165) is 43.1 Å². The summed E-state index contributed by atoms with van der Waals surface area (Å²) in [7, 11) is 0. The number of amides is 1. The van der Waals surface area contributed by atoms with Gasteiger partial charge < -0.3 is 20.1 Å². The Morgan fingerprint density at radius 1 is 1.23 bits per heavy atom. The van der Waals surface area contributed by atoms with Crippen molar-refractivity contribution in [1.29, 1.82) is 0 Å². The van der Waals surface area contributed by atoms with Gasteiger partial charge in [0.05, 0.1) is 11.6 Å². The number of carbonyl (C=O) groups excluding carboxylic acids is 1. The molecule has 1 aliphatic heterocycles. The lowest BCUT2D eigenvalue weighted by atomic mass is 9.77. The Morgan fingerprint density at radius 3 is 2.77 bits per heavy atom. The summed E-state index contributed by atoms with van der Waals surface area (Å²) in [5.74, 6) is 0.0852. The fourth-order valence-electron chi connectivity index (χ4n) is 4.13. The zero-order valence-electron chi connectivity index (χ0n) is 14.5. The van der Waals surface area contributed by atoms with Crippen molar-refractivity contribution in [2.45, 2.75) is 50.2 Å². The summed E-state index contributed by atoms with van der Waals surface area (Å²) in [6.45, 7) is 0. The third-order valence-corrected chi connectivity index (χ3v) is 5.41. The van der Waals surface area contributed by atoms with E-state index in [-0.39, 0.29) is 23.0 Å². The number of rotatable bonds is 2. The van der Waals surface area contributed by atoms with E-state index < -0.39 is 11.5 Å². The average Bonchev–Trinajstić information content (AvgIpc) is 2.62. The van der Waals surface area contributed by atoms with Gasteiger partial charge in [0.25, 0.3) is 11.5 Å². The topological polar surface area (TPSA) is 91.4 Å². The second-order valence-electron chi connectivity index (χ2n) is 7.21. The van der Waals surface area contributed by atoms with Crippen LogP contribution in [-0.4, -0.2) is 21.6 Å². The molecule has 6 nitrogen and oxygen atoms in total. The lowest BCUT2D eigenvalue weighted by molar-refractivity contribution is -0.00210. The van der Waals surface area contributed by atoms with Crippen molar-refractivity contribution < 1.29 is 14.6 Å². The largest absolute Gasteiger partial charge is 0.507 e. The molecule has 2 heterocycles. The molecule has 1 aliphatic carbocycles. The number of carbonyl (C=O) groups is 1. The smallest absolute Gasteiger partial charge is 0.257 e. The summed E-state index contributed by atoms with van der Waals surface area (Å²) < 4.78 is 6.37. The number of aromatic amines is 1. The number of aromatic hydroxyl groups is 1. The van der Waals surface area contributed by atoms with E-state index >= 15 is 0 Å². The number of benzene rings is 1. The highest BCUT2D eigenvalue weighted by Gasteiger charge is 2.42. The van der Waals surface area contributed by atoms with Gasteiger partial charge in [0.15, 0.2) is 0 Å². The molecule has 136 valence electrons. The molecule has 1 atom stereocenters. The normalized spacial score (nSPS) is 20.8. The molecule has 1 saturated carbocycles. The molecular formula is C20H22N2O4. The molecule has 2 aromatic rings. The highest BCUT2D eigenvalue weighted by Crippen LogP contribution is 2.46. The number of pyridine rings is 1. The predicted molar refractivity (Wildman–Crippen MR) is 96.4 cm³/mol. The van der Waals surface area contributed by atoms with E-state index in [0.29, 0.717) is 6.42 Å². The van der Waals surface area contributed by atoms with Gasteiger partial charge in [0.2, 0.25) is 0 Å². The number of ether oxygens (including phenoxy) is 1. The molecule has 1 aromatic heterocycles. The number of para-hydroxylation sites is 1. The van der Waals surface area contributed by atoms with Crippen LogP contribution in [0.25, 0.3) is 0 Å². The van der Waals surface area contributed by atoms with Gasteiger partial charge in [-0.25, -0.2) is 0 Å². The van der Waals surface area contributed by atoms with E-state index in [4.69, 9.17) is 4.74 Å². The molecule has 1 amide bonds. The zero-order chi connectivity index (χ0) is 18.1. The van der Waals surface area contributed by atoms with Crippen molar-refractivity contribution in [2.24, 2.45) is 0 Å². The third kappa shape index (κ3) is 3.07.